The molecule has 1 saturated heterocycles. The highest BCUT2D eigenvalue weighted by Crippen LogP contribution is 2.51. The maximum absolute atomic E-state index is 13.3. The number of carbonyl (C=O) groups excluding carboxylic acids is 3. The van der Waals surface area contributed by atoms with E-state index in [9.17, 15) is 14.4 Å². The van der Waals surface area contributed by atoms with Gasteiger partial charge in [0.15, 0.2) is 5.78 Å². The molecule has 1 N–H and O–H groups in total. The second-order valence-electron chi connectivity index (χ2n) is 8.42. The summed E-state index contributed by atoms with van der Waals surface area (Å²) in [6.07, 6.45) is 1.01. The topological polar surface area (TPSA) is 75.7 Å². The molecule has 152 valence electrons. The van der Waals surface area contributed by atoms with Gasteiger partial charge in [-0.3, -0.25) is 9.59 Å². The van der Waals surface area contributed by atoms with Crippen molar-refractivity contribution in [1.29, 1.82) is 0 Å². The standard InChI is InChI=1S/C22H23ClN2O4/c1-22(2)10-14-17(15(26)11-22)16(12-6-4-5-7-13(12)23)18(21(28)29-3)19-20(27)24-8-9-25(14)19/h4-7,16H,8-11H2,1-3H3,(H,24,27)/t16-/m0/s1. The van der Waals surface area contributed by atoms with Crippen molar-refractivity contribution in [2.24, 2.45) is 5.41 Å². The minimum absolute atomic E-state index is 0.0207. The summed E-state index contributed by atoms with van der Waals surface area (Å²) in [6.45, 7) is 5.03. The zero-order valence-corrected chi connectivity index (χ0v) is 17.4. The lowest BCUT2D eigenvalue weighted by Crippen LogP contribution is -2.51. The van der Waals surface area contributed by atoms with Crippen LogP contribution in [0.5, 0.6) is 0 Å². The van der Waals surface area contributed by atoms with Gasteiger partial charge in [-0.25, -0.2) is 4.79 Å². The first-order valence-corrected chi connectivity index (χ1v) is 10.0. The van der Waals surface area contributed by atoms with Crippen LogP contribution in [0.2, 0.25) is 5.02 Å². The molecule has 2 heterocycles. The third-order valence-corrected chi connectivity index (χ3v) is 6.13. The molecule has 2 aliphatic heterocycles. The molecule has 0 radical (unpaired) electrons. The fourth-order valence-corrected chi connectivity index (χ4v) is 4.88. The predicted molar refractivity (Wildman–Crippen MR) is 108 cm³/mol. The van der Waals surface area contributed by atoms with Gasteiger partial charge in [-0.1, -0.05) is 43.6 Å². The number of fused-ring (bicyclic) bond motifs is 2. The Bertz CT molecular complexity index is 992. The van der Waals surface area contributed by atoms with Gasteiger partial charge >= 0.3 is 5.97 Å². The van der Waals surface area contributed by atoms with Crippen LogP contribution in [0, 0.1) is 5.41 Å². The quantitative estimate of drug-likeness (QED) is 0.753. The van der Waals surface area contributed by atoms with E-state index >= 15 is 0 Å². The zero-order valence-electron chi connectivity index (χ0n) is 16.7. The van der Waals surface area contributed by atoms with E-state index in [-0.39, 0.29) is 28.4 Å². The molecule has 1 aromatic rings. The Morgan fingerprint density at radius 3 is 2.66 bits per heavy atom. The molecule has 3 aliphatic rings. The van der Waals surface area contributed by atoms with Crippen LogP contribution in [-0.2, 0) is 19.1 Å². The summed E-state index contributed by atoms with van der Waals surface area (Å²) in [5.41, 5.74) is 2.19. The fraction of sp³-hybridized carbons (Fsp3) is 0.409. The van der Waals surface area contributed by atoms with Crippen molar-refractivity contribution in [3.8, 4) is 0 Å². The molecule has 0 unspecified atom stereocenters. The number of rotatable bonds is 2. The van der Waals surface area contributed by atoms with Gasteiger partial charge in [0.25, 0.3) is 5.91 Å². The molecule has 1 aliphatic carbocycles. The number of hydrogen-bond acceptors (Lipinski definition) is 5. The molecular weight excluding hydrogens is 392 g/mol. The van der Waals surface area contributed by atoms with Crippen molar-refractivity contribution < 1.29 is 19.1 Å². The maximum Gasteiger partial charge on any atom is 0.337 e. The van der Waals surface area contributed by atoms with Crippen LogP contribution in [0.4, 0.5) is 0 Å². The van der Waals surface area contributed by atoms with Crippen LogP contribution < -0.4 is 5.32 Å². The van der Waals surface area contributed by atoms with E-state index in [1.807, 2.05) is 24.8 Å². The molecule has 6 nitrogen and oxygen atoms in total. The van der Waals surface area contributed by atoms with E-state index < -0.39 is 11.9 Å². The van der Waals surface area contributed by atoms with Crippen LogP contribution in [-0.4, -0.2) is 42.8 Å². The van der Waals surface area contributed by atoms with E-state index in [1.165, 1.54) is 7.11 Å². The molecule has 1 atom stereocenters. The van der Waals surface area contributed by atoms with Crippen molar-refractivity contribution in [3.63, 3.8) is 0 Å². The molecule has 29 heavy (non-hydrogen) atoms. The van der Waals surface area contributed by atoms with Gasteiger partial charge in [-0.05, 0) is 23.5 Å². The molecule has 7 heteroatoms. The second-order valence-corrected chi connectivity index (χ2v) is 8.82. The number of carbonyl (C=O) groups is 3. The Hall–Kier alpha value is -2.60. The smallest absolute Gasteiger partial charge is 0.337 e. The van der Waals surface area contributed by atoms with Crippen molar-refractivity contribution in [2.75, 3.05) is 20.2 Å². The summed E-state index contributed by atoms with van der Waals surface area (Å²) in [5.74, 6) is -1.72. The van der Waals surface area contributed by atoms with E-state index in [0.29, 0.717) is 42.1 Å². The normalized spacial score (nSPS) is 23.4. The fourth-order valence-electron chi connectivity index (χ4n) is 4.63. The highest BCUT2D eigenvalue weighted by Gasteiger charge is 2.49. The minimum Gasteiger partial charge on any atom is -0.466 e. The molecule has 4 rings (SSSR count). The number of benzene rings is 1. The number of nitrogens with one attached hydrogen (secondary N) is 1. The Morgan fingerprint density at radius 2 is 1.97 bits per heavy atom. The summed E-state index contributed by atoms with van der Waals surface area (Å²) in [4.78, 5) is 41.0. The van der Waals surface area contributed by atoms with Gasteiger partial charge in [0.2, 0.25) is 0 Å². The number of halogens is 1. The Balaban J connectivity index is 2.05. The lowest BCUT2D eigenvalue weighted by atomic mass is 9.67. The highest BCUT2D eigenvalue weighted by atomic mass is 35.5. The lowest BCUT2D eigenvalue weighted by Gasteiger charge is -2.46. The monoisotopic (exact) mass is 414 g/mol. The van der Waals surface area contributed by atoms with E-state index in [4.69, 9.17) is 16.3 Å². The first kappa shape index (κ1) is 19.7. The number of piperazine rings is 1. The van der Waals surface area contributed by atoms with Crippen LogP contribution in [0.25, 0.3) is 0 Å². The van der Waals surface area contributed by atoms with Crippen molar-refractivity contribution in [3.05, 3.63) is 57.4 Å². The van der Waals surface area contributed by atoms with Crippen LogP contribution in [0.1, 0.15) is 38.2 Å². The first-order chi connectivity index (χ1) is 13.7. The Morgan fingerprint density at radius 1 is 1.24 bits per heavy atom. The largest absolute Gasteiger partial charge is 0.466 e. The summed E-state index contributed by atoms with van der Waals surface area (Å²) >= 11 is 6.49. The number of Topliss-reactive ketones (excluding diaryl/α,β-unsaturated/α-hetero) is 1. The van der Waals surface area contributed by atoms with Crippen LogP contribution >= 0.6 is 11.6 Å². The second kappa shape index (κ2) is 7.02. The Kier molecular flexibility index (Phi) is 4.77. The molecule has 0 bridgehead atoms. The average Bonchev–Trinajstić information content (AvgIpc) is 2.66. The van der Waals surface area contributed by atoms with Gasteiger partial charge in [-0.15, -0.1) is 0 Å². The highest BCUT2D eigenvalue weighted by molar-refractivity contribution is 6.31. The molecule has 0 aromatic heterocycles. The number of hydrogen-bond donors (Lipinski definition) is 1. The summed E-state index contributed by atoms with van der Waals surface area (Å²) < 4.78 is 5.05. The SMILES string of the molecule is COC(=O)C1=C2C(=O)NCCN2C2=C(C(=O)CC(C)(C)C2)[C@@H]1c1ccccc1Cl. The van der Waals surface area contributed by atoms with Crippen LogP contribution in [0.3, 0.4) is 0 Å². The zero-order chi connectivity index (χ0) is 20.9. The molecule has 0 spiro atoms. The molecule has 0 saturated carbocycles. The van der Waals surface area contributed by atoms with Crippen molar-refractivity contribution >= 4 is 29.3 Å². The van der Waals surface area contributed by atoms with Gasteiger partial charge in [0.05, 0.1) is 18.6 Å². The summed E-state index contributed by atoms with van der Waals surface area (Å²) in [7, 11) is 1.28. The average molecular weight is 415 g/mol. The first-order valence-electron chi connectivity index (χ1n) is 9.64. The van der Waals surface area contributed by atoms with Crippen molar-refractivity contribution in [1.82, 2.24) is 10.2 Å². The predicted octanol–water partition coefficient (Wildman–Crippen LogP) is 2.94. The molecular formula is C22H23ClN2O4. The summed E-state index contributed by atoms with van der Waals surface area (Å²) in [5, 5.41) is 3.26. The number of ether oxygens (including phenoxy) is 1. The van der Waals surface area contributed by atoms with E-state index in [0.717, 1.165) is 5.70 Å². The van der Waals surface area contributed by atoms with Gasteiger partial charge in [-0.2, -0.15) is 0 Å². The maximum atomic E-state index is 13.3. The molecule has 1 amide bonds. The number of methoxy groups -OCH3 is 1. The molecule has 1 aromatic carbocycles. The number of amides is 1. The number of esters is 1. The Labute approximate surface area is 174 Å². The van der Waals surface area contributed by atoms with Gasteiger partial charge in [0.1, 0.15) is 5.70 Å². The van der Waals surface area contributed by atoms with Crippen LogP contribution in [0.15, 0.2) is 46.8 Å². The van der Waals surface area contributed by atoms with E-state index in [2.05, 4.69) is 5.32 Å². The number of ketones is 1. The minimum atomic E-state index is -0.732. The molecule has 1 fully saturated rings. The van der Waals surface area contributed by atoms with Crippen molar-refractivity contribution in [2.45, 2.75) is 32.6 Å². The van der Waals surface area contributed by atoms with Gasteiger partial charge < -0.3 is 15.0 Å². The summed E-state index contributed by atoms with van der Waals surface area (Å²) in [6, 6.07) is 7.12. The number of nitrogens with zero attached hydrogens (tertiary/aromatic N) is 1. The third kappa shape index (κ3) is 3.15. The lowest BCUT2D eigenvalue weighted by molar-refractivity contribution is -0.137. The van der Waals surface area contributed by atoms with E-state index in [1.54, 1.807) is 18.2 Å². The number of allylic oxidation sites excluding steroid dienone is 2. The van der Waals surface area contributed by atoms with Gasteiger partial charge in [0, 0.05) is 35.8 Å². The third-order valence-electron chi connectivity index (χ3n) is 5.78.